The van der Waals surface area contributed by atoms with Crippen LogP contribution in [0.5, 0.6) is 5.75 Å². The number of amides is 1. The largest absolute Gasteiger partial charge is 0.487 e. The minimum Gasteiger partial charge on any atom is -0.487 e. The van der Waals surface area contributed by atoms with Gasteiger partial charge in [-0.15, -0.1) is 0 Å². The first-order valence-corrected chi connectivity index (χ1v) is 14.0. The van der Waals surface area contributed by atoms with E-state index >= 15 is 0 Å². The number of likely N-dealkylation sites (tertiary alicyclic amines) is 1. The van der Waals surface area contributed by atoms with E-state index in [1.165, 1.54) is 43.0 Å². The normalized spacial score (nSPS) is 20.6. The van der Waals surface area contributed by atoms with Crippen molar-refractivity contribution < 1.29 is 38.0 Å². The highest BCUT2D eigenvalue weighted by Gasteiger charge is 2.56. The number of aliphatic imine (C=N–C) groups is 1. The zero-order valence-electron chi connectivity index (χ0n) is 19.1. The molecule has 2 heterocycles. The summed E-state index contributed by atoms with van der Waals surface area (Å²) in [6.07, 6.45) is 0. The van der Waals surface area contributed by atoms with Crippen molar-refractivity contribution in [2.24, 2.45) is 4.99 Å². The molecule has 0 saturated carbocycles. The van der Waals surface area contributed by atoms with E-state index in [1.54, 1.807) is 12.1 Å². The molecule has 0 radical (unpaired) electrons. The maximum absolute atomic E-state index is 13.0. The molecule has 2 aromatic carbocycles. The van der Waals surface area contributed by atoms with Crippen LogP contribution >= 0.6 is 30.0 Å². The molecular weight excluding hydrogens is 549 g/mol. The Morgan fingerprint density at radius 2 is 1.89 bits per heavy atom. The number of para-hydroxylation sites is 1. The fraction of sp³-hybridized carbons (Fsp3) is 0.227. The summed E-state index contributed by atoms with van der Waals surface area (Å²) in [5.74, 6) is -1.34. The maximum atomic E-state index is 13.0. The van der Waals surface area contributed by atoms with Crippen LogP contribution in [0.3, 0.4) is 0 Å². The van der Waals surface area contributed by atoms with Crippen molar-refractivity contribution in [1.29, 1.82) is 0 Å². The molecule has 3 atom stereocenters. The lowest BCUT2D eigenvalue weighted by Crippen LogP contribution is -2.61. The van der Waals surface area contributed by atoms with E-state index in [-0.39, 0.29) is 18.9 Å². The van der Waals surface area contributed by atoms with E-state index in [0.29, 0.717) is 16.4 Å². The fourth-order valence-electron chi connectivity index (χ4n) is 3.54. The molecule has 1 fully saturated rings. The smallest absolute Gasteiger partial charge is 0.473 e. The van der Waals surface area contributed by atoms with Crippen molar-refractivity contribution in [3.05, 3.63) is 81.7 Å². The minimum absolute atomic E-state index is 0.107. The standard InChI is InChI=1S/C22H19ClN3O9PS/c1-13(35-36(23,31)32)19(22(28)34-11-14-7-9-15(10-8-14)26(29)30)25-20(27)18-21(25)37-17(24-18)12-33-16-5-3-2-4-6-16/h2-10,18,21H,11-12H2,1H3,(H,31,32). The molecule has 0 aromatic heterocycles. The molecule has 12 nitrogen and oxygen atoms in total. The monoisotopic (exact) mass is 567 g/mol. The number of non-ortho nitro benzene ring substituents is 1. The summed E-state index contributed by atoms with van der Waals surface area (Å²) in [5, 5.41) is 10.7. The number of nitro groups is 1. The van der Waals surface area contributed by atoms with Crippen molar-refractivity contribution >= 4 is 52.6 Å². The number of benzene rings is 2. The van der Waals surface area contributed by atoms with E-state index in [4.69, 9.17) is 25.2 Å². The number of nitrogens with zero attached hydrogens (tertiary/aromatic N) is 3. The van der Waals surface area contributed by atoms with Crippen LogP contribution < -0.4 is 4.74 Å². The lowest BCUT2D eigenvalue weighted by Gasteiger charge is -2.41. The van der Waals surface area contributed by atoms with Crippen LogP contribution in [-0.4, -0.2) is 49.7 Å². The summed E-state index contributed by atoms with van der Waals surface area (Å²) in [6.45, 7) is -3.57. The van der Waals surface area contributed by atoms with Gasteiger partial charge in [0.25, 0.3) is 11.6 Å². The summed E-state index contributed by atoms with van der Waals surface area (Å²) in [7, 11) is 0. The number of carbonyl (C=O) groups is 2. The molecule has 3 unspecified atom stereocenters. The summed E-state index contributed by atoms with van der Waals surface area (Å²) >= 11 is 6.52. The highest BCUT2D eigenvalue weighted by molar-refractivity contribution is 8.15. The zero-order valence-corrected chi connectivity index (χ0v) is 21.5. The van der Waals surface area contributed by atoms with Crippen molar-refractivity contribution in [3.63, 3.8) is 0 Å². The number of esters is 1. The Labute approximate surface area is 219 Å². The van der Waals surface area contributed by atoms with Gasteiger partial charge in [-0.3, -0.25) is 24.8 Å². The van der Waals surface area contributed by atoms with Gasteiger partial charge >= 0.3 is 12.9 Å². The third-order valence-electron chi connectivity index (χ3n) is 5.19. The molecule has 1 N–H and O–H groups in total. The number of hydrogen-bond donors (Lipinski definition) is 1. The Hall–Kier alpha value is -3.38. The van der Waals surface area contributed by atoms with Gasteiger partial charge in [0.1, 0.15) is 35.1 Å². The van der Waals surface area contributed by atoms with E-state index in [0.717, 1.165) is 4.90 Å². The number of ether oxygens (including phenoxy) is 2. The topological polar surface area (TPSA) is 158 Å². The molecule has 2 aliphatic heterocycles. The molecule has 2 aromatic rings. The summed E-state index contributed by atoms with van der Waals surface area (Å²) in [4.78, 5) is 51.1. The van der Waals surface area contributed by atoms with Gasteiger partial charge in [-0.2, -0.15) is 0 Å². The number of thioether (sulfide) groups is 1. The number of rotatable bonds is 10. The summed E-state index contributed by atoms with van der Waals surface area (Å²) in [5.41, 5.74) is -0.104. The van der Waals surface area contributed by atoms with Crippen LogP contribution in [0.4, 0.5) is 5.69 Å². The first kappa shape index (κ1) is 26.7. The first-order valence-electron chi connectivity index (χ1n) is 10.6. The maximum Gasteiger partial charge on any atom is 0.473 e. The number of hydrogen-bond acceptors (Lipinski definition) is 10. The average molecular weight is 568 g/mol. The quantitative estimate of drug-likeness (QED) is 0.0846. The number of halogens is 1. The average Bonchev–Trinajstić information content (AvgIpc) is 3.23. The molecule has 1 saturated heterocycles. The second-order valence-electron chi connectivity index (χ2n) is 7.73. The molecule has 194 valence electrons. The SMILES string of the molecule is CC(OP(=O)(O)Cl)=C(C(=O)OCc1ccc([N+](=O)[O-])cc1)N1C(=O)C2N=C(COc3ccccc3)SC21. The highest BCUT2D eigenvalue weighted by atomic mass is 35.7. The summed E-state index contributed by atoms with van der Waals surface area (Å²) < 4.78 is 27.4. The van der Waals surface area contributed by atoms with Gasteiger partial charge in [0, 0.05) is 23.4 Å². The molecular formula is C22H19ClN3O9PS. The lowest BCUT2D eigenvalue weighted by molar-refractivity contribution is -0.384. The number of nitro benzene ring substituents is 1. The zero-order chi connectivity index (χ0) is 26.7. The third-order valence-corrected chi connectivity index (χ3v) is 7.11. The van der Waals surface area contributed by atoms with Crippen LogP contribution in [0.25, 0.3) is 0 Å². The van der Waals surface area contributed by atoms with Gasteiger partial charge in [-0.05, 0) is 36.8 Å². The van der Waals surface area contributed by atoms with Crippen LogP contribution in [0, 0.1) is 10.1 Å². The van der Waals surface area contributed by atoms with Gasteiger partial charge in [0.05, 0.1) is 4.92 Å². The Balaban J connectivity index is 1.48. The van der Waals surface area contributed by atoms with Crippen molar-refractivity contribution in [1.82, 2.24) is 4.90 Å². The van der Waals surface area contributed by atoms with E-state index in [1.807, 2.05) is 18.2 Å². The van der Waals surface area contributed by atoms with Gasteiger partial charge < -0.3 is 18.9 Å². The van der Waals surface area contributed by atoms with Crippen LogP contribution in [0.1, 0.15) is 12.5 Å². The van der Waals surface area contributed by atoms with E-state index < -0.39 is 46.6 Å². The van der Waals surface area contributed by atoms with Crippen molar-refractivity contribution in [2.45, 2.75) is 24.9 Å². The number of carbonyl (C=O) groups excluding carboxylic acids is 2. The Bertz CT molecular complexity index is 1330. The molecule has 1 amide bonds. The molecule has 0 spiro atoms. The van der Waals surface area contributed by atoms with Gasteiger partial charge in [0.15, 0.2) is 11.7 Å². The Kier molecular flexibility index (Phi) is 7.88. The minimum atomic E-state index is -4.59. The molecule has 4 rings (SSSR count). The Morgan fingerprint density at radius 1 is 1.22 bits per heavy atom. The summed E-state index contributed by atoms with van der Waals surface area (Å²) in [6, 6.07) is 13.5. The van der Waals surface area contributed by atoms with E-state index in [2.05, 4.69) is 4.99 Å². The van der Waals surface area contributed by atoms with Gasteiger partial charge in [-0.25, -0.2) is 9.36 Å². The molecule has 37 heavy (non-hydrogen) atoms. The fourth-order valence-corrected chi connectivity index (χ4v) is 5.47. The predicted molar refractivity (Wildman–Crippen MR) is 134 cm³/mol. The van der Waals surface area contributed by atoms with Crippen LogP contribution in [0.15, 0.2) is 71.0 Å². The second kappa shape index (κ2) is 10.9. The lowest BCUT2D eigenvalue weighted by atomic mass is 10.1. The van der Waals surface area contributed by atoms with Crippen LogP contribution in [0.2, 0.25) is 0 Å². The number of β-lactam (4-membered cyclic amide) rings is 1. The van der Waals surface area contributed by atoms with Crippen LogP contribution in [-0.2, 0) is 30.0 Å². The molecule has 2 aliphatic rings. The van der Waals surface area contributed by atoms with E-state index in [9.17, 15) is 29.2 Å². The molecule has 0 bridgehead atoms. The molecule has 15 heteroatoms. The second-order valence-corrected chi connectivity index (χ2v) is 11.3. The first-order chi connectivity index (χ1) is 17.5. The number of allylic oxidation sites excluding steroid dienone is 1. The van der Waals surface area contributed by atoms with Gasteiger partial charge in [-0.1, -0.05) is 30.0 Å². The molecule has 0 aliphatic carbocycles. The highest BCUT2D eigenvalue weighted by Crippen LogP contribution is 2.51. The Morgan fingerprint density at radius 3 is 2.51 bits per heavy atom. The predicted octanol–water partition coefficient (Wildman–Crippen LogP) is 3.99. The third kappa shape index (κ3) is 6.31. The van der Waals surface area contributed by atoms with Crippen molar-refractivity contribution in [3.8, 4) is 5.75 Å². The van der Waals surface area contributed by atoms with Gasteiger partial charge in [0.2, 0.25) is 0 Å². The number of fused-ring (bicyclic) bond motifs is 1. The van der Waals surface area contributed by atoms with Crippen molar-refractivity contribution in [2.75, 3.05) is 6.61 Å².